The Morgan fingerprint density at radius 3 is 3.07 bits per heavy atom. The Labute approximate surface area is 95.2 Å². The minimum atomic E-state index is 0.461. The van der Waals surface area contributed by atoms with Crippen LogP contribution in [-0.4, -0.2) is 30.0 Å². The van der Waals surface area contributed by atoms with E-state index in [1.807, 2.05) is 6.20 Å². The number of nitrogens with two attached hydrogens (primary N) is 1. The van der Waals surface area contributed by atoms with Crippen molar-refractivity contribution in [2.45, 2.75) is 18.9 Å². The maximum Gasteiger partial charge on any atom is 0.133 e. The summed E-state index contributed by atoms with van der Waals surface area (Å²) in [6, 6.07) is 2.10. The van der Waals surface area contributed by atoms with Crippen LogP contribution in [0.15, 0.2) is 12.3 Å². The van der Waals surface area contributed by atoms with Crippen molar-refractivity contribution >= 4 is 11.6 Å². The van der Waals surface area contributed by atoms with E-state index in [0.29, 0.717) is 17.6 Å². The molecule has 0 aliphatic carbocycles. The van der Waals surface area contributed by atoms with Crippen molar-refractivity contribution in [3.63, 3.8) is 0 Å². The molecule has 0 aromatic carbocycles. The minimum Gasteiger partial charge on any atom is -0.326 e. The first-order valence-corrected chi connectivity index (χ1v) is 5.61. The van der Waals surface area contributed by atoms with Crippen LogP contribution in [0.4, 0.5) is 0 Å². The summed E-state index contributed by atoms with van der Waals surface area (Å²) in [6.45, 7) is 2.72. The lowest BCUT2D eigenvalue weighted by atomic mass is 9.99. The molecule has 0 saturated carbocycles. The van der Waals surface area contributed by atoms with Gasteiger partial charge in [-0.1, -0.05) is 11.6 Å². The van der Waals surface area contributed by atoms with Crippen LogP contribution in [0.2, 0.25) is 5.15 Å². The summed E-state index contributed by atoms with van der Waals surface area (Å²) in [5.41, 5.74) is 7.83. The van der Waals surface area contributed by atoms with Crippen LogP contribution < -0.4 is 5.73 Å². The van der Waals surface area contributed by atoms with Crippen LogP contribution in [0, 0.1) is 0 Å². The van der Waals surface area contributed by atoms with E-state index in [0.717, 1.165) is 18.7 Å². The van der Waals surface area contributed by atoms with E-state index in [1.54, 1.807) is 0 Å². The zero-order valence-electron chi connectivity index (χ0n) is 8.91. The van der Waals surface area contributed by atoms with Gasteiger partial charge < -0.3 is 10.6 Å². The van der Waals surface area contributed by atoms with Crippen LogP contribution >= 0.6 is 11.6 Å². The Bertz CT molecular complexity index is 354. The highest BCUT2D eigenvalue weighted by atomic mass is 35.5. The molecule has 1 atom stereocenters. The van der Waals surface area contributed by atoms with Crippen molar-refractivity contribution in [1.29, 1.82) is 0 Å². The summed E-state index contributed by atoms with van der Waals surface area (Å²) in [5, 5.41) is 0.535. The Balaban J connectivity index is 2.21. The topological polar surface area (TPSA) is 42.2 Å². The van der Waals surface area contributed by atoms with Gasteiger partial charge in [0.05, 0.1) is 0 Å². The Kier molecular flexibility index (Phi) is 3.24. The highest BCUT2D eigenvalue weighted by molar-refractivity contribution is 6.30. The molecule has 0 amide bonds. The molecule has 1 saturated heterocycles. The van der Waals surface area contributed by atoms with Crippen molar-refractivity contribution in [1.82, 2.24) is 9.88 Å². The molecule has 1 unspecified atom stereocenters. The van der Waals surface area contributed by atoms with Gasteiger partial charge in [-0.2, -0.15) is 0 Å². The summed E-state index contributed by atoms with van der Waals surface area (Å²) in [7, 11) is 2.15. The zero-order valence-corrected chi connectivity index (χ0v) is 9.67. The number of hydrogen-bond donors (Lipinski definition) is 1. The van der Waals surface area contributed by atoms with E-state index in [4.69, 9.17) is 17.3 Å². The first kappa shape index (κ1) is 10.9. The monoisotopic (exact) mass is 225 g/mol. The second kappa shape index (κ2) is 4.47. The van der Waals surface area contributed by atoms with Crippen molar-refractivity contribution in [3.8, 4) is 0 Å². The van der Waals surface area contributed by atoms with Crippen LogP contribution in [0.1, 0.15) is 23.5 Å². The van der Waals surface area contributed by atoms with Crippen LogP contribution in [0.25, 0.3) is 0 Å². The van der Waals surface area contributed by atoms with Gasteiger partial charge >= 0.3 is 0 Å². The fourth-order valence-electron chi connectivity index (χ4n) is 2.09. The molecule has 2 heterocycles. The van der Waals surface area contributed by atoms with Gasteiger partial charge in [0, 0.05) is 24.8 Å². The molecule has 0 radical (unpaired) electrons. The lowest BCUT2D eigenvalue weighted by molar-refractivity contribution is 0.411. The molecule has 2 N–H and O–H groups in total. The van der Waals surface area contributed by atoms with Gasteiger partial charge in [-0.25, -0.2) is 4.98 Å². The first-order valence-electron chi connectivity index (χ1n) is 5.23. The standard InChI is InChI=1S/C11H16ClN3/c1-15-3-2-8(7-15)10-4-9(5-13)11(12)14-6-10/h4,6,8H,2-3,5,7,13H2,1H3. The van der Waals surface area contributed by atoms with Gasteiger partial charge in [0.2, 0.25) is 0 Å². The van der Waals surface area contributed by atoms with Gasteiger partial charge in [0.25, 0.3) is 0 Å². The number of rotatable bonds is 2. The molecule has 1 aliphatic rings. The molecule has 0 spiro atoms. The number of aromatic nitrogens is 1. The van der Waals surface area contributed by atoms with Crippen LogP contribution in [-0.2, 0) is 6.54 Å². The molecule has 3 nitrogen and oxygen atoms in total. The van der Waals surface area contributed by atoms with Crippen molar-refractivity contribution in [3.05, 3.63) is 28.5 Å². The quantitative estimate of drug-likeness (QED) is 0.778. The molecule has 1 aromatic heterocycles. The lowest BCUT2D eigenvalue weighted by Gasteiger charge is -2.12. The fraction of sp³-hybridized carbons (Fsp3) is 0.545. The largest absolute Gasteiger partial charge is 0.326 e. The van der Waals surface area contributed by atoms with Crippen molar-refractivity contribution < 1.29 is 0 Å². The number of halogens is 1. The molecule has 1 aromatic rings. The Morgan fingerprint density at radius 1 is 1.67 bits per heavy atom. The molecule has 2 rings (SSSR count). The van der Waals surface area contributed by atoms with Gasteiger partial charge in [-0.05, 0) is 37.6 Å². The third-order valence-electron chi connectivity index (χ3n) is 3.02. The maximum atomic E-state index is 5.93. The maximum absolute atomic E-state index is 5.93. The molecule has 4 heteroatoms. The summed E-state index contributed by atoms with van der Waals surface area (Å²) < 4.78 is 0. The zero-order chi connectivity index (χ0) is 10.8. The molecular formula is C11H16ClN3. The summed E-state index contributed by atoms with van der Waals surface area (Å²) in [5.74, 6) is 0.588. The minimum absolute atomic E-state index is 0.461. The molecule has 0 bridgehead atoms. The van der Waals surface area contributed by atoms with Crippen molar-refractivity contribution in [2.24, 2.45) is 5.73 Å². The third-order valence-corrected chi connectivity index (χ3v) is 3.36. The predicted molar refractivity (Wildman–Crippen MR) is 62.0 cm³/mol. The summed E-state index contributed by atoms with van der Waals surface area (Å²) in [4.78, 5) is 6.52. The highest BCUT2D eigenvalue weighted by Crippen LogP contribution is 2.27. The molecular weight excluding hydrogens is 210 g/mol. The third kappa shape index (κ3) is 2.30. The predicted octanol–water partition coefficient (Wildman–Crippen LogP) is 1.61. The van der Waals surface area contributed by atoms with Gasteiger partial charge in [0.1, 0.15) is 5.15 Å². The van der Waals surface area contributed by atoms with Gasteiger partial charge in [-0.3, -0.25) is 0 Å². The van der Waals surface area contributed by atoms with E-state index >= 15 is 0 Å². The highest BCUT2D eigenvalue weighted by Gasteiger charge is 2.21. The van der Waals surface area contributed by atoms with Crippen molar-refractivity contribution in [2.75, 3.05) is 20.1 Å². The Hall–Kier alpha value is -0.640. The van der Waals surface area contributed by atoms with E-state index in [9.17, 15) is 0 Å². The second-order valence-electron chi connectivity index (χ2n) is 4.17. The normalized spacial score (nSPS) is 22.2. The van der Waals surface area contributed by atoms with Crippen LogP contribution in [0.3, 0.4) is 0 Å². The SMILES string of the molecule is CN1CCC(c2cnc(Cl)c(CN)c2)C1. The molecule has 82 valence electrons. The number of pyridine rings is 1. The molecule has 15 heavy (non-hydrogen) atoms. The summed E-state index contributed by atoms with van der Waals surface area (Å²) in [6.07, 6.45) is 3.08. The van der Waals surface area contributed by atoms with Gasteiger partial charge in [0.15, 0.2) is 0 Å². The van der Waals surface area contributed by atoms with Crippen LogP contribution in [0.5, 0.6) is 0 Å². The van der Waals surface area contributed by atoms with Gasteiger partial charge in [-0.15, -0.1) is 0 Å². The van der Waals surface area contributed by atoms with E-state index in [2.05, 4.69) is 23.0 Å². The van der Waals surface area contributed by atoms with E-state index < -0.39 is 0 Å². The number of nitrogens with zero attached hydrogens (tertiary/aromatic N) is 2. The lowest BCUT2D eigenvalue weighted by Crippen LogP contribution is -2.13. The average molecular weight is 226 g/mol. The molecule has 1 fully saturated rings. The second-order valence-corrected chi connectivity index (χ2v) is 4.53. The Morgan fingerprint density at radius 2 is 2.47 bits per heavy atom. The number of likely N-dealkylation sites (tertiary alicyclic amines) is 1. The number of hydrogen-bond acceptors (Lipinski definition) is 3. The number of likely N-dealkylation sites (N-methyl/N-ethyl adjacent to an activating group) is 1. The smallest absolute Gasteiger partial charge is 0.133 e. The summed E-state index contributed by atoms with van der Waals surface area (Å²) >= 11 is 5.93. The fourth-order valence-corrected chi connectivity index (χ4v) is 2.27. The van der Waals surface area contributed by atoms with E-state index in [-0.39, 0.29) is 0 Å². The van der Waals surface area contributed by atoms with E-state index in [1.165, 1.54) is 12.0 Å². The first-order chi connectivity index (χ1) is 7.20. The molecule has 1 aliphatic heterocycles. The average Bonchev–Trinajstić information content (AvgIpc) is 2.66.